The van der Waals surface area contributed by atoms with Crippen LogP contribution in [0.1, 0.15) is 107 Å². The van der Waals surface area contributed by atoms with E-state index in [1.807, 2.05) is 42.1 Å². The Morgan fingerprint density at radius 1 is 0.603 bits per heavy atom. The zero-order chi connectivity index (χ0) is 37.6. The summed E-state index contributed by atoms with van der Waals surface area (Å²) in [6.45, 7) is 8.42. The molecule has 19 rings (SSSR count). The lowest BCUT2D eigenvalue weighted by molar-refractivity contribution is 0.185. The average molecular weight is 775 g/mol. The SMILES string of the molecule is C1=CC2c3ccc4c5ccc6c7c8c9c%10c%11c%12c(ccc%13c1c1c2c2c3c4c(c75)c9c2c%10c1c%13%12)C1CCC=6C82Cc3sccc3CC%1112.CC.CCc1ccsc1CC. The van der Waals surface area contributed by atoms with Gasteiger partial charge in [0.25, 0.3) is 0 Å². The van der Waals surface area contributed by atoms with E-state index in [-0.39, 0.29) is 10.8 Å². The van der Waals surface area contributed by atoms with Crippen LogP contribution in [0.4, 0.5) is 0 Å². The van der Waals surface area contributed by atoms with Crippen molar-refractivity contribution < 1.29 is 0 Å². The van der Waals surface area contributed by atoms with E-state index in [9.17, 15) is 0 Å². The molecular weight excluding hydrogens is 737 g/mol. The van der Waals surface area contributed by atoms with E-state index in [1.54, 1.807) is 129 Å². The highest BCUT2D eigenvalue weighted by Crippen LogP contribution is 2.79. The molecule has 1 saturated carbocycles. The second-order valence-corrected chi connectivity index (χ2v) is 20.9. The van der Waals surface area contributed by atoms with E-state index in [0.29, 0.717) is 11.8 Å². The van der Waals surface area contributed by atoms with E-state index in [0.717, 1.165) is 0 Å². The summed E-state index contributed by atoms with van der Waals surface area (Å²) < 4.78 is 0. The van der Waals surface area contributed by atoms with Crippen LogP contribution in [0.25, 0.3) is 109 Å². The van der Waals surface area contributed by atoms with Gasteiger partial charge in [-0.15, -0.1) is 22.7 Å². The lowest BCUT2D eigenvalue weighted by atomic mass is 9.41. The third-order valence-electron chi connectivity index (χ3n) is 17.8. The van der Waals surface area contributed by atoms with Gasteiger partial charge in [-0.2, -0.15) is 0 Å². The first kappa shape index (κ1) is 30.1. The van der Waals surface area contributed by atoms with Crippen molar-refractivity contribution in [2.24, 2.45) is 0 Å². The van der Waals surface area contributed by atoms with Crippen LogP contribution in [-0.4, -0.2) is 0 Å². The number of allylic oxidation sites excluding steroid dienone is 1. The second kappa shape index (κ2) is 8.93. The standard InChI is InChI=1S/C46H20S.C8H12S.C2H6/c1-3-18-20-5-7-22-24-9-10-25-23-8-6-21-19-4-2-17-16(1)27-29(18)36-31(20)33(22)43-41-39(36)38-35(27)28(17)30(19)37-32(21)34(23)44(42(41)40(37)38)46(25)14-26-15(11-12-47-26)13-45(24,43)46;1-3-7-5-6-9-8(7)4-2;1-2/h1-8,11-12,16,24H,9-10,13-14H2;5-6H,3-4H2,1-2H3;1-2H3. The Labute approximate surface area is 343 Å². The molecule has 2 heterocycles. The molecule has 10 aromatic carbocycles. The fourth-order valence-corrected chi connectivity index (χ4v) is 18.4. The predicted molar refractivity (Wildman–Crippen MR) is 251 cm³/mol. The van der Waals surface area contributed by atoms with E-state index in [1.165, 1.54) is 65.8 Å². The molecule has 0 aliphatic heterocycles. The summed E-state index contributed by atoms with van der Waals surface area (Å²) in [7, 11) is 0. The van der Waals surface area contributed by atoms with Gasteiger partial charge in [0.2, 0.25) is 0 Å². The molecule has 58 heavy (non-hydrogen) atoms. The molecule has 0 amide bonds. The van der Waals surface area contributed by atoms with Crippen LogP contribution in [0, 0.1) is 0 Å². The second-order valence-electron chi connectivity index (χ2n) is 18.8. The van der Waals surface area contributed by atoms with Gasteiger partial charge in [0.15, 0.2) is 0 Å². The van der Waals surface area contributed by atoms with Gasteiger partial charge in [0, 0.05) is 26.5 Å². The number of aryl methyl sites for hydroxylation is 2. The Morgan fingerprint density at radius 2 is 1.33 bits per heavy atom. The molecule has 2 heteroatoms. The summed E-state index contributed by atoms with van der Waals surface area (Å²) in [5, 5.41) is 35.5. The van der Waals surface area contributed by atoms with Crippen LogP contribution in [0.15, 0.2) is 65.4 Å². The van der Waals surface area contributed by atoms with Crippen molar-refractivity contribution in [1.82, 2.24) is 0 Å². The third kappa shape index (κ3) is 2.47. The van der Waals surface area contributed by atoms with Crippen molar-refractivity contribution in [2.75, 3.05) is 0 Å². The van der Waals surface area contributed by atoms with Crippen molar-refractivity contribution >= 4 is 131 Å². The maximum absolute atomic E-state index is 2.64. The third-order valence-corrected chi connectivity index (χ3v) is 19.9. The summed E-state index contributed by atoms with van der Waals surface area (Å²) in [6, 6.07) is 20.2. The zero-order valence-electron chi connectivity index (χ0n) is 33.1. The molecule has 1 fully saturated rings. The van der Waals surface area contributed by atoms with Crippen LogP contribution < -0.4 is 5.22 Å². The maximum atomic E-state index is 2.64. The van der Waals surface area contributed by atoms with Crippen LogP contribution >= 0.6 is 22.7 Å². The monoisotopic (exact) mass is 774 g/mol. The number of hydrogen-bond donors (Lipinski definition) is 0. The number of thiophene rings is 2. The molecule has 4 unspecified atom stereocenters. The minimum Gasteiger partial charge on any atom is -0.149 e. The first-order valence-electron chi connectivity index (χ1n) is 22.3. The smallest absolute Gasteiger partial charge is 0.0338 e. The molecule has 2 spiro atoms. The predicted octanol–water partition coefficient (Wildman–Crippen LogP) is 14.7. The van der Waals surface area contributed by atoms with Crippen molar-refractivity contribution in [3.8, 4) is 0 Å². The van der Waals surface area contributed by atoms with Gasteiger partial charge in [0.05, 0.1) is 0 Å². The molecule has 2 aromatic heterocycles. The van der Waals surface area contributed by atoms with Gasteiger partial charge >= 0.3 is 0 Å². The van der Waals surface area contributed by atoms with Crippen LogP contribution in [0.3, 0.4) is 0 Å². The molecule has 4 atom stereocenters. The first-order chi connectivity index (χ1) is 28.7. The zero-order valence-corrected chi connectivity index (χ0v) is 34.8. The topological polar surface area (TPSA) is 0 Å². The molecule has 12 aromatic rings. The van der Waals surface area contributed by atoms with Crippen molar-refractivity contribution in [3.05, 3.63) is 125 Å². The molecule has 0 radical (unpaired) electrons. The fourth-order valence-electron chi connectivity index (χ4n) is 16.5. The van der Waals surface area contributed by atoms with Gasteiger partial charge in [-0.05, 0) is 214 Å². The van der Waals surface area contributed by atoms with E-state index >= 15 is 0 Å². The van der Waals surface area contributed by atoms with Gasteiger partial charge in [-0.3, -0.25) is 0 Å². The molecular formula is C56H38S2. The molecule has 0 N–H and O–H groups in total. The van der Waals surface area contributed by atoms with Gasteiger partial charge in [0.1, 0.15) is 0 Å². The number of hydrogen-bond acceptors (Lipinski definition) is 2. The maximum Gasteiger partial charge on any atom is 0.0338 e. The normalized spacial score (nSPS) is 24.4. The Bertz CT molecular complexity index is 4010. The minimum atomic E-state index is 0.0558. The Balaban J connectivity index is 0.000000247. The summed E-state index contributed by atoms with van der Waals surface area (Å²) in [5.41, 5.74) is 15.2. The Morgan fingerprint density at radius 3 is 2.17 bits per heavy atom. The Hall–Kier alpha value is -5.02. The van der Waals surface area contributed by atoms with Crippen molar-refractivity contribution in [1.29, 1.82) is 0 Å². The molecule has 0 saturated heterocycles. The summed E-state index contributed by atoms with van der Waals surface area (Å²) >= 11 is 3.92. The van der Waals surface area contributed by atoms with E-state index < -0.39 is 0 Å². The number of fused-ring (bicyclic) bond motifs is 5. The largest absolute Gasteiger partial charge is 0.149 e. The van der Waals surface area contributed by atoms with Gasteiger partial charge in [-0.1, -0.05) is 81.8 Å². The molecule has 7 aliphatic carbocycles. The summed E-state index contributed by atoms with van der Waals surface area (Å²) in [6.07, 6.45) is 12.4. The first-order valence-corrected chi connectivity index (χ1v) is 24.0. The number of rotatable bonds is 2. The van der Waals surface area contributed by atoms with Crippen LogP contribution in [-0.2, 0) is 36.5 Å². The summed E-state index contributed by atoms with van der Waals surface area (Å²) in [5.74, 6) is 0.951. The highest BCUT2D eigenvalue weighted by atomic mass is 32.1. The quantitative estimate of drug-likeness (QED) is 0.153. The summed E-state index contributed by atoms with van der Waals surface area (Å²) in [4.78, 5) is 3.22. The lowest BCUT2D eigenvalue weighted by Crippen LogP contribution is -2.59. The average Bonchev–Trinajstić information content (AvgIpc) is 4.14. The Kier molecular flexibility index (Phi) is 4.63. The van der Waals surface area contributed by atoms with Crippen LogP contribution in [0.5, 0.6) is 0 Å². The van der Waals surface area contributed by atoms with Crippen molar-refractivity contribution in [2.45, 2.75) is 88.9 Å². The van der Waals surface area contributed by atoms with Crippen molar-refractivity contribution in [3.63, 3.8) is 0 Å². The van der Waals surface area contributed by atoms with E-state index in [4.69, 9.17) is 0 Å². The lowest BCUT2D eigenvalue weighted by Gasteiger charge is -2.60. The molecule has 0 nitrogen and oxygen atoms in total. The highest BCUT2D eigenvalue weighted by Gasteiger charge is 2.70. The van der Waals surface area contributed by atoms with Gasteiger partial charge < -0.3 is 0 Å². The minimum absolute atomic E-state index is 0.0558. The fraction of sp³-hybridized carbons (Fsp3) is 0.250. The highest BCUT2D eigenvalue weighted by molar-refractivity contribution is 7.10. The van der Waals surface area contributed by atoms with Crippen LogP contribution in [0.2, 0.25) is 0 Å². The number of benzene rings is 7. The van der Waals surface area contributed by atoms with E-state index in [2.05, 4.69) is 85.3 Å². The molecule has 274 valence electrons. The molecule has 7 aliphatic rings. The molecule has 0 bridgehead atoms. The van der Waals surface area contributed by atoms with Gasteiger partial charge in [-0.25, -0.2) is 0 Å².